The first-order valence-corrected chi connectivity index (χ1v) is 21.4. The van der Waals surface area contributed by atoms with Crippen molar-refractivity contribution in [1.82, 2.24) is 4.57 Å². The van der Waals surface area contributed by atoms with Crippen LogP contribution in [0.5, 0.6) is 0 Å². The van der Waals surface area contributed by atoms with Crippen molar-refractivity contribution in [2.45, 2.75) is 11.8 Å². The van der Waals surface area contributed by atoms with Crippen molar-refractivity contribution in [2.24, 2.45) is 0 Å². The Morgan fingerprint density at radius 3 is 1.72 bits per heavy atom. The maximum Gasteiger partial charge on any atom is 0.0547 e. The summed E-state index contributed by atoms with van der Waals surface area (Å²) < 4.78 is 2.48. The van der Waals surface area contributed by atoms with E-state index in [0.717, 1.165) is 5.69 Å². The summed E-state index contributed by atoms with van der Waals surface area (Å²) >= 11 is 0. The zero-order valence-corrected chi connectivity index (χ0v) is 33.5. The van der Waals surface area contributed by atoms with E-state index >= 15 is 0 Å². The first kappa shape index (κ1) is 34.2. The van der Waals surface area contributed by atoms with E-state index in [-0.39, 0.29) is 11.8 Å². The highest BCUT2D eigenvalue weighted by molar-refractivity contribution is 6.18. The number of rotatable bonds is 5. The predicted octanol–water partition coefficient (Wildman–Crippen LogP) is 15.6. The maximum absolute atomic E-state index is 2.48. The number of nitrogens with zero attached hydrogens (tertiary/aromatic N) is 1. The second-order valence-electron chi connectivity index (χ2n) is 16.7. The van der Waals surface area contributed by atoms with Gasteiger partial charge in [0, 0.05) is 28.3 Å². The van der Waals surface area contributed by atoms with Crippen LogP contribution in [0.1, 0.15) is 45.2 Å². The van der Waals surface area contributed by atoms with Gasteiger partial charge in [-0.2, -0.15) is 0 Å². The average Bonchev–Trinajstić information content (AvgIpc) is 3.97. The largest absolute Gasteiger partial charge is 0.309 e. The Hall–Kier alpha value is -7.74. The van der Waals surface area contributed by atoms with Gasteiger partial charge in [0.1, 0.15) is 0 Å². The molecule has 11 aromatic rings. The standard InChI is InChI=1S/C60H39N/c1-3-14-38(15-4-1)39-26-30-44(31-27-39)61-55-34-29-43(37-54(55)60-56(61)35-33-52-57(41-17-5-2-6-18-41)49-23-11-12-24-50(49)59(52)60)42-28-32-51-53(36-42)46-21-9-10-22-48(46)58(51)47-25-13-19-40-16-7-8-20-45(40)47/h1-37,57-58H. The molecule has 0 fully saturated rings. The second-order valence-corrected chi connectivity index (χ2v) is 16.7. The zero-order valence-electron chi connectivity index (χ0n) is 33.5. The van der Waals surface area contributed by atoms with Gasteiger partial charge in [0.05, 0.1) is 11.0 Å². The van der Waals surface area contributed by atoms with Crippen molar-refractivity contribution in [3.63, 3.8) is 0 Å². The van der Waals surface area contributed by atoms with Crippen LogP contribution in [0, 0.1) is 0 Å². The van der Waals surface area contributed by atoms with Gasteiger partial charge in [-0.15, -0.1) is 0 Å². The number of hydrogen-bond acceptors (Lipinski definition) is 0. The molecule has 2 aliphatic carbocycles. The molecule has 1 aromatic heterocycles. The molecule has 0 bridgehead atoms. The number of fused-ring (bicyclic) bond motifs is 11. The number of benzene rings is 10. The van der Waals surface area contributed by atoms with Crippen molar-refractivity contribution >= 4 is 32.6 Å². The highest BCUT2D eigenvalue weighted by Crippen LogP contribution is 2.54. The van der Waals surface area contributed by atoms with Gasteiger partial charge in [-0.05, 0) is 125 Å². The number of hydrogen-bond donors (Lipinski definition) is 0. The molecule has 1 heterocycles. The third-order valence-corrected chi connectivity index (χ3v) is 13.6. The molecule has 0 radical (unpaired) electrons. The summed E-state index contributed by atoms with van der Waals surface area (Å²) in [6, 6.07) is 83.6. The highest BCUT2D eigenvalue weighted by Gasteiger charge is 2.34. The first-order chi connectivity index (χ1) is 30.3. The van der Waals surface area contributed by atoms with Crippen LogP contribution >= 0.6 is 0 Å². The van der Waals surface area contributed by atoms with Gasteiger partial charge >= 0.3 is 0 Å². The summed E-state index contributed by atoms with van der Waals surface area (Å²) in [5.41, 5.74) is 22.0. The molecule has 0 spiro atoms. The number of aromatic nitrogens is 1. The Morgan fingerprint density at radius 1 is 0.311 bits per heavy atom. The van der Waals surface area contributed by atoms with Crippen LogP contribution in [0.15, 0.2) is 224 Å². The van der Waals surface area contributed by atoms with Crippen molar-refractivity contribution in [1.29, 1.82) is 0 Å². The Morgan fingerprint density at radius 2 is 0.885 bits per heavy atom. The van der Waals surface area contributed by atoms with Crippen LogP contribution in [0.2, 0.25) is 0 Å². The monoisotopic (exact) mass is 773 g/mol. The van der Waals surface area contributed by atoms with Gasteiger partial charge in [-0.25, -0.2) is 0 Å². The van der Waals surface area contributed by atoms with Crippen LogP contribution in [-0.2, 0) is 0 Å². The molecule has 0 N–H and O–H groups in total. The van der Waals surface area contributed by atoms with Gasteiger partial charge in [0.25, 0.3) is 0 Å². The van der Waals surface area contributed by atoms with E-state index < -0.39 is 0 Å². The smallest absolute Gasteiger partial charge is 0.0547 e. The van der Waals surface area contributed by atoms with Gasteiger partial charge < -0.3 is 4.57 Å². The normalized spacial score (nSPS) is 14.9. The fourth-order valence-electron chi connectivity index (χ4n) is 10.9. The topological polar surface area (TPSA) is 4.93 Å². The van der Waals surface area contributed by atoms with E-state index in [0.29, 0.717) is 0 Å². The van der Waals surface area contributed by atoms with Crippen LogP contribution in [-0.4, -0.2) is 4.57 Å². The van der Waals surface area contributed by atoms with E-state index in [9.17, 15) is 0 Å². The summed E-state index contributed by atoms with van der Waals surface area (Å²) in [6.45, 7) is 0. The summed E-state index contributed by atoms with van der Waals surface area (Å²) in [5.74, 6) is 0.357. The van der Waals surface area contributed by atoms with Crippen molar-refractivity contribution in [2.75, 3.05) is 0 Å². The lowest BCUT2D eigenvalue weighted by Gasteiger charge is -2.17. The summed E-state index contributed by atoms with van der Waals surface area (Å²) in [6.07, 6.45) is 0. The van der Waals surface area contributed by atoms with E-state index in [4.69, 9.17) is 0 Å². The van der Waals surface area contributed by atoms with Crippen LogP contribution < -0.4 is 0 Å². The van der Waals surface area contributed by atoms with Crippen molar-refractivity contribution in [3.05, 3.63) is 258 Å². The molecule has 13 rings (SSSR count). The molecule has 0 saturated heterocycles. The summed E-state index contributed by atoms with van der Waals surface area (Å²) in [5, 5.41) is 5.19. The third kappa shape index (κ3) is 5.14. The maximum atomic E-state index is 2.48. The summed E-state index contributed by atoms with van der Waals surface area (Å²) in [4.78, 5) is 0. The predicted molar refractivity (Wildman–Crippen MR) is 255 cm³/mol. The Balaban J connectivity index is 1.03. The van der Waals surface area contributed by atoms with E-state index in [1.807, 2.05) is 0 Å². The Kier molecular flexibility index (Phi) is 7.50. The second kappa shape index (κ2) is 13.4. The molecule has 61 heavy (non-hydrogen) atoms. The SMILES string of the molecule is c1ccc(-c2ccc(-n3c4ccc(-c5ccc6c(c5)-c5ccccc5C6c5cccc6ccccc56)cc4c4c5c(ccc43)C(c3ccccc3)c3ccccc3-5)cc2)cc1. The van der Waals surface area contributed by atoms with E-state index in [1.165, 1.54) is 110 Å². The van der Waals surface area contributed by atoms with Crippen molar-refractivity contribution < 1.29 is 0 Å². The molecule has 0 aliphatic heterocycles. The van der Waals surface area contributed by atoms with Crippen LogP contribution in [0.25, 0.3) is 82.8 Å². The van der Waals surface area contributed by atoms with E-state index in [1.54, 1.807) is 0 Å². The molecule has 284 valence electrons. The minimum atomic E-state index is 0.176. The Bertz CT molecular complexity index is 3510. The van der Waals surface area contributed by atoms with Gasteiger partial charge in [-0.1, -0.05) is 188 Å². The molecule has 0 saturated carbocycles. The Labute approximate surface area is 355 Å². The molecule has 1 heteroatoms. The van der Waals surface area contributed by atoms with Gasteiger partial charge in [0.15, 0.2) is 0 Å². The molecular formula is C60H39N. The van der Waals surface area contributed by atoms with Gasteiger partial charge in [-0.3, -0.25) is 0 Å². The average molecular weight is 774 g/mol. The molecule has 2 atom stereocenters. The molecule has 10 aromatic carbocycles. The molecule has 2 aliphatic rings. The van der Waals surface area contributed by atoms with Crippen LogP contribution in [0.3, 0.4) is 0 Å². The lowest BCUT2D eigenvalue weighted by atomic mass is 9.86. The van der Waals surface area contributed by atoms with E-state index in [2.05, 4.69) is 229 Å². The third-order valence-electron chi connectivity index (χ3n) is 13.6. The highest BCUT2D eigenvalue weighted by atomic mass is 15.0. The van der Waals surface area contributed by atoms with Gasteiger partial charge in [0.2, 0.25) is 0 Å². The fourth-order valence-corrected chi connectivity index (χ4v) is 10.9. The lowest BCUT2D eigenvalue weighted by molar-refractivity contribution is 1.02. The lowest BCUT2D eigenvalue weighted by Crippen LogP contribution is -2.00. The molecule has 1 nitrogen and oxygen atoms in total. The minimum Gasteiger partial charge on any atom is -0.309 e. The quantitative estimate of drug-likeness (QED) is 0.164. The van der Waals surface area contributed by atoms with Crippen LogP contribution in [0.4, 0.5) is 0 Å². The fraction of sp³-hybridized carbons (Fsp3) is 0.0333. The minimum absolute atomic E-state index is 0.176. The first-order valence-electron chi connectivity index (χ1n) is 21.4. The van der Waals surface area contributed by atoms with Crippen molar-refractivity contribution in [3.8, 4) is 50.2 Å². The summed E-state index contributed by atoms with van der Waals surface area (Å²) in [7, 11) is 0. The molecule has 0 amide bonds. The zero-order chi connectivity index (χ0) is 40.0. The molecule has 2 unspecified atom stereocenters. The molecular weight excluding hydrogens is 735 g/mol.